The summed E-state index contributed by atoms with van der Waals surface area (Å²) in [5.74, 6) is -1.14. The van der Waals surface area contributed by atoms with Crippen LogP contribution in [0.15, 0.2) is 54.6 Å². The first-order chi connectivity index (χ1) is 11.6. The van der Waals surface area contributed by atoms with E-state index in [4.69, 9.17) is 5.11 Å². The fourth-order valence-electron chi connectivity index (χ4n) is 2.50. The highest BCUT2D eigenvalue weighted by molar-refractivity contribution is 5.92. The molecular formula is C19H23ClN2O3. The molecule has 2 rings (SSSR count). The number of carbonyl (C=O) groups is 2. The molecule has 1 amide bonds. The van der Waals surface area contributed by atoms with E-state index >= 15 is 0 Å². The number of anilines is 1. The van der Waals surface area contributed by atoms with E-state index < -0.39 is 5.97 Å². The van der Waals surface area contributed by atoms with Crippen LogP contribution in [0.4, 0.5) is 5.69 Å². The van der Waals surface area contributed by atoms with E-state index in [1.807, 2.05) is 61.5 Å². The first kappa shape index (κ1) is 20.7. The van der Waals surface area contributed by atoms with Crippen LogP contribution in [0.25, 0.3) is 11.1 Å². The number of halogens is 1. The molecule has 0 fully saturated rings. The minimum atomic E-state index is -0.927. The number of hydrogen-bond acceptors (Lipinski definition) is 3. The van der Waals surface area contributed by atoms with E-state index in [9.17, 15) is 9.59 Å². The van der Waals surface area contributed by atoms with Gasteiger partial charge in [-0.15, -0.1) is 12.4 Å². The summed E-state index contributed by atoms with van der Waals surface area (Å²) in [4.78, 5) is 24.5. The number of hydrogen-bond donors (Lipinski definition) is 2. The SMILES string of the molecule is CCCN(CC(=O)O)CC(=O)Nc1ccc(-c2ccccc2)cc1.Cl. The van der Waals surface area contributed by atoms with Gasteiger partial charge in [0.25, 0.3) is 0 Å². The highest BCUT2D eigenvalue weighted by Crippen LogP contribution is 2.20. The third-order valence-electron chi connectivity index (χ3n) is 3.54. The van der Waals surface area contributed by atoms with Crippen LogP contribution in [0.2, 0.25) is 0 Å². The highest BCUT2D eigenvalue weighted by Gasteiger charge is 2.13. The summed E-state index contributed by atoms with van der Waals surface area (Å²) >= 11 is 0. The molecule has 2 N–H and O–H groups in total. The van der Waals surface area contributed by atoms with Gasteiger partial charge in [0.1, 0.15) is 0 Å². The lowest BCUT2D eigenvalue weighted by Gasteiger charge is -2.18. The van der Waals surface area contributed by atoms with Crippen molar-refractivity contribution < 1.29 is 14.7 Å². The van der Waals surface area contributed by atoms with Crippen molar-refractivity contribution in [2.24, 2.45) is 0 Å². The molecule has 2 aromatic rings. The summed E-state index contributed by atoms with van der Waals surface area (Å²) < 4.78 is 0. The summed E-state index contributed by atoms with van der Waals surface area (Å²) in [6.07, 6.45) is 0.798. The number of carboxylic acids is 1. The van der Waals surface area contributed by atoms with Gasteiger partial charge in [0.2, 0.25) is 5.91 Å². The van der Waals surface area contributed by atoms with Crippen LogP contribution in [0.3, 0.4) is 0 Å². The monoisotopic (exact) mass is 362 g/mol. The van der Waals surface area contributed by atoms with Crippen molar-refractivity contribution in [3.63, 3.8) is 0 Å². The molecule has 0 aliphatic heterocycles. The van der Waals surface area contributed by atoms with Crippen molar-refractivity contribution in [1.82, 2.24) is 4.90 Å². The van der Waals surface area contributed by atoms with E-state index in [1.165, 1.54) is 0 Å². The maximum atomic E-state index is 12.1. The largest absolute Gasteiger partial charge is 0.480 e. The number of nitrogens with zero attached hydrogens (tertiary/aromatic N) is 1. The zero-order valence-corrected chi connectivity index (χ0v) is 15.0. The lowest BCUT2D eigenvalue weighted by atomic mass is 10.1. The molecule has 0 radical (unpaired) electrons. The Morgan fingerprint density at radius 2 is 1.56 bits per heavy atom. The van der Waals surface area contributed by atoms with Gasteiger partial charge in [-0.25, -0.2) is 0 Å². The molecule has 0 saturated heterocycles. The second-order valence-electron chi connectivity index (χ2n) is 5.60. The molecule has 0 bridgehead atoms. The van der Waals surface area contributed by atoms with Gasteiger partial charge in [-0.1, -0.05) is 49.4 Å². The topological polar surface area (TPSA) is 69.6 Å². The number of carboxylic acid groups (broad SMARTS) is 1. The Morgan fingerprint density at radius 1 is 0.960 bits per heavy atom. The van der Waals surface area contributed by atoms with Crippen LogP contribution >= 0.6 is 12.4 Å². The molecule has 0 aliphatic carbocycles. The van der Waals surface area contributed by atoms with Crippen LogP contribution in [-0.2, 0) is 9.59 Å². The van der Waals surface area contributed by atoms with Crippen molar-refractivity contribution in [2.75, 3.05) is 25.0 Å². The first-order valence-electron chi connectivity index (χ1n) is 7.98. The smallest absolute Gasteiger partial charge is 0.317 e. The van der Waals surface area contributed by atoms with Crippen LogP contribution < -0.4 is 5.32 Å². The van der Waals surface area contributed by atoms with Crippen LogP contribution in [0, 0.1) is 0 Å². The fraction of sp³-hybridized carbons (Fsp3) is 0.263. The Bertz CT molecular complexity index is 675. The van der Waals surface area contributed by atoms with Crippen LogP contribution in [0.1, 0.15) is 13.3 Å². The lowest BCUT2D eigenvalue weighted by Crippen LogP contribution is -2.37. The number of carbonyl (C=O) groups excluding carboxylic acids is 1. The quantitative estimate of drug-likeness (QED) is 0.754. The molecule has 0 spiro atoms. The number of nitrogens with one attached hydrogen (secondary N) is 1. The van der Waals surface area contributed by atoms with E-state index in [-0.39, 0.29) is 31.4 Å². The Labute approximate surface area is 154 Å². The molecule has 0 saturated carbocycles. The van der Waals surface area contributed by atoms with Crippen molar-refractivity contribution in [3.05, 3.63) is 54.6 Å². The predicted octanol–water partition coefficient (Wildman–Crippen LogP) is 3.51. The molecular weight excluding hydrogens is 340 g/mol. The zero-order chi connectivity index (χ0) is 17.4. The number of rotatable bonds is 8. The summed E-state index contributed by atoms with van der Waals surface area (Å²) in [5, 5.41) is 11.7. The fourth-order valence-corrected chi connectivity index (χ4v) is 2.50. The molecule has 134 valence electrons. The molecule has 5 nitrogen and oxygen atoms in total. The number of aliphatic carboxylic acids is 1. The standard InChI is InChI=1S/C19H22N2O3.ClH/c1-2-12-21(14-19(23)24)13-18(22)20-17-10-8-16(9-11-17)15-6-4-3-5-7-15;/h3-11H,2,12-14H2,1H3,(H,20,22)(H,23,24);1H. The highest BCUT2D eigenvalue weighted by atomic mass is 35.5. The molecule has 2 aromatic carbocycles. The Morgan fingerprint density at radius 3 is 2.12 bits per heavy atom. The van der Waals surface area contributed by atoms with Crippen LogP contribution in [0.5, 0.6) is 0 Å². The van der Waals surface area contributed by atoms with Gasteiger partial charge in [0.05, 0.1) is 13.1 Å². The molecule has 0 heterocycles. The Hall–Kier alpha value is -2.37. The van der Waals surface area contributed by atoms with Crippen molar-refractivity contribution >= 4 is 30.0 Å². The van der Waals surface area contributed by atoms with Gasteiger partial charge in [-0.3, -0.25) is 14.5 Å². The molecule has 0 aromatic heterocycles. The lowest BCUT2D eigenvalue weighted by molar-refractivity contribution is -0.138. The minimum absolute atomic E-state index is 0. The van der Waals surface area contributed by atoms with E-state index in [0.717, 1.165) is 17.5 Å². The van der Waals surface area contributed by atoms with Crippen LogP contribution in [-0.4, -0.2) is 41.5 Å². The first-order valence-corrected chi connectivity index (χ1v) is 7.98. The van der Waals surface area contributed by atoms with Crippen molar-refractivity contribution in [2.45, 2.75) is 13.3 Å². The van der Waals surface area contributed by atoms with E-state index in [2.05, 4.69) is 5.32 Å². The molecule has 6 heteroatoms. The number of amides is 1. The summed E-state index contributed by atoms with van der Waals surface area (Å²) in [5.41, 5.74) is 2.89. The predicted molar refractivity (Wildman–Crippen MR) is 102 cm³/mol. The number of benzene rings is 2. The Balaban J connectivity index is 0.00000312. The van der Waals surface area contributed by atoms with Gasteiger partial charge in [-0.2, -0.15) is 0 Å². The van der Waals surface area contributed by atoms with Gasteiger partial charge < -0.3 is 10.4 Å². The van der Waals surface area contributed by atoms with E-state index in [1.54, 1.807) is 4.90 Å². The maximum Gasteiger partial charge on any atom is 0.317 e. The van der Waals surface area contributed by atoms with Crippen molar-refractivity contribution in [3.8, 4) is 11.1 Å². The summed E-state index contributed by atoms with van der Waals surface area (Å²) in [7, 11) is 0. The second-order valence-corrected chi connectivity index (χ2v) is 5.60. The van der Waals surface area contributed by atoms with Gasteiger partial charge >= 0.3 is 5.97 Å². The Kier molecular flexibility index (Phi) is 8.67. The normalized spacial score (nSPS) is 10.2. The molecule has 25 heavy (non-hydrogen) atoms. The molecule has 0 unspecified atom stereocenters. The van der Waals surface area contributed by atoms with E-state index in [0.29, 0.717) is 12.2 Å². The van der Waals surface area contributed by atoms with Crippen molar-refractivity contribution in [1.29, 1.82) is 0 Å². The molecule has 0 aliphatic rings. The average Bonchev–Trinajstić information content (AvgIpc) is 2.56. The van der Waals surface area contributed by atoms with Gasteiger partial charge in [0.15, 0.2) is 0 Å². The second kappa shape index (κ2) is 10.5. The van der Waals surface area contributed by atoms with Gasteiger partial charge in [-0.05, 0) is 36.2 Å². The zero-order valence-electron chi connectivity index (χ0n) is 14.1. The maximum absolute atomic E-state index is 12.1. The third kappa shape index (κ3) is 6.95. The third-order valence-corrected chi connectivity index (χ3v) is 3.54. The molecule has 0 atom stereocenters. The minimum Gasteiger partial charge on any atom is -0.480 e. The van der Waals surface area contributed by atoms with Gasteiger partial charge in [0, 0.05) is 5.69 Å². The summed E-state index contributed by atoms with van der Waals surface area (Å²) in [6.45, 7) is 2.47. The average molecular weight is 363 g/mol. The summed E-state index contributed by atoms with van der Waals surface area (Å²) in [6, 6.07) is 17.6.